The van der Waals surface area contributed by atoms with Crippen molar-refractivity contribution < 1.29 is 14.3 Å². The zero-order valence-corrected chi connectivity index (χ0v) is 15.1. The van der Waals surface area contributed by atoms with Gasteiger partial charge in [-0.3, -0.25) is 4.79 Å². The van der Waals surface area contributed by atoms with E-state index in [-0.39, 0.29) is 5.91 Å². The van der Waals surface area contributed by atoms with Crippen LogP contribution in [0, 0.1) is 11.3 Å². The van der Waals surface area contributed by atoms with Crippen molar-refractivity contribution >= 4 is 11.6 Å². The molecule has 0 heterocycles. The summed E-state index contributed by atoms with van der Waals surface area (Å²) in [5.74, 6) is 0.396. The molecule has 1 rings (SSSR count). The summed E-state index contributed by atoms with van der Waals surface area (Å²) in [5.41, 5.74) is -0.0460. The van der Waals surface area contributed by atoms with Gasteiger partial charge in [-0.25, -0.2) is 0 Å². The van der Waals surface area contributed by atoms with Gasteiger partial charge in [-0.05, 0) is 44.4 Å². The van der Waals surface area contributed by atoms with Gasteiger partial charge < -0.3 is 14.8 Å². The Balaban J connectivity index is 2.86. The van der Waals surface area contributed by atoms with Crippen molar-refractivity contribution in [3.63, 3.8) is 0 Å². The minimum absolute atomic E-state index is 0.241. The number of hydrogen-bond acceptors (Lipinski definition) is 4. The molecule has 0 aliphatic carbocycles. The molecule has 24 heavy (non-hydrogen) atoms. The van der Waals surface area contributed by atoms with E-state index in [0.29, 0.717) is 36.6 Å². The lowest BCUT2D eigenvalue weighted by Gasteiger charge is -2.27. The molecule has 1 aromatic carbocycles. The van der Waals surface area contributed by atoms with Gasteiger partial charge in [0.2, 0.25) is 0 Å². The molecule has 0 radical (unpaired) electrons. The quantitative estimate of drug-likeness (QED) is 0.649. The number of nitrogens with one attached hydrogen (secondary N) is 1. The van der Waals surface area contributed by atoms with Crippen molar-refractivity contribution in [2.75, 3.05) is 18.5 Å². The normalized spacial score (nSPS) is 13.0. The van der Waals surface area contributed by atoms with E-state index in [1.165, 1.54) is 0 Å². The molecule has 1 aromatic rings. The molecular formula is C19H28N2O3. The fourth-order valence-electron chi connectivity index (χ4n) is 2.06. The van der Waals surface area contributed by atoms with Crippen molar-refractivity contribution in [2.24, 2.45) is 0 Å². The number of rotatable bonds is 10. The zero-order chi connectivity index (χ0) is 18.0. The lowest BCUT2D eigenvalue weighted by Crippen LogP contribution is -2.42. The van der Waals surface area contributed by atoms with Crippen LogP contribution >= 0.6 is 0 Å². The average molecular weight is 332 g/mol. The molecule has 132 valence electrons. The van der Waals surface area contributed by atoms with Gasteiger partial charge >= 0.3 is 0 Å². The number of nitriles is 1. The molecule has 0 saturated heterocycles. The van der Waals surface area contributed by atoms with Crippen LogP contribution < -0.4 is 10.1 Å². The van der Waals surface area contributed by atoms with Crippen LogP contribution in [0.5, 0.6) is 5.75 Å². The van der Waals surface area contributed by atoms with Crippen LogP contribution in [-0.4, -0.2) is 24.7 Å². The van der Waals surface area contributed by atoms with Gasteiger partial charge in [-0.15, -0.1) is 0 Å². The summed E-state index contributed by atoms with van der Waals surface area (Å²) in [6.07, 6.45) is 3.41. The van der Waals surface area contributed by atoms with Gasteiger partial charge in [0.05, 0.1) is 17.9 Å². The summed E-state index contributed by atoms with van der Waals surface area (Å²) in [6, 6.07) is 7.23. The van der Waals surface area contributed by atoms with Gasteiger partial charge in [-0.2, -0.15) is 5.26 Å². The maximum Gasteiger partial charge on any atom is 0.256 e. The summed E-state index contributed by atoms with van der Waals surface area (Å²) in [6.45, 7) is 8.91. The maximum absolute atomic E-state index is 12.6. The summed E-state index contributed by atoms with van der Waals surface area (Å²) in [4.78, 5) is 12.6. The molecule has 0 unspecified atom stereocenters. The van der Waals surface area contributed by atoms with Crippen LogP contribution in [0.15, 0.2) is 18.2 Å². The standard InChI is InChI=1S/C19H28N2O3/c1-5-8-12-23-16-9-10-17(15(13-16)14-20)21-18(22)19(4,7-3)24-11-6-2/h9-10,13H,5-8,11-12H2,1-4H3,(H,21,22)/t19-/m1/s1. The lowest BCUT2D eigenvalue weighted by molar-refractivity contribution is -0.139. The average Bonchev–Trinajstić information content (AvgIpc) is 2.60. The third-order valence-corrected chi connectivity index (χ3v) is 3.91. The molecule has 0 spiro atoms. The van der Waals surface area contributed by atoms with Crippen LogP contribution in [0.3, 0.4) is 0 Å². The molecule has 5 nitrogen and oxygen atoms in total. The fourth-order valence-corrected chi connectivity index (χ4v) is 2.06. The number of anilines is 1. The maximum atomic E-state index is 12.6. The zero-order valence-electron chi connectivity index (χ0n) is 15.1. The third-order valence-electron chi connectivity index (χ3n) is 3.91. The third kappa shape index (κ3) is 5.54. The molecule has 0 aliphatic rings. The predicted molar refractivity (Wildman–Crippen MR) is 95.1 cm³/mol. The van der Waals surface area contributed by atoms with E-state index < -0.39 is 5.60 Å². The van der Waals surface area contributed by atoms with E-state index in [9.17, 15) is 10.1 Å². The second-order valence-electron chi connectivity index (χ2n) is 5.91. The first-order chi connectivity index (χ1) is 11.5. The highest BCUT2D eigenvalue weighted by atomic mass is 16.5. The van der Waals surface area contributed by atoms with Crippen molar-refractivity contribution in [1.29, 1.82) is 5.26 Å². The predicted octanol–water partition coefficient (Wildman–Crippen LogP) is 4.27. The second kappa shape index (κ2) is 9.94. The molecule has 5 heteroatoms. The van der Waals surface area contributed by atoms with Crippen molar-refractivity contribution in [3.8, 4) is 11.8 Å². The number of hydrogen-bond donors (Lipinski definition) is 1. The van der Waals surface area contributed by atoms with E-state index in [4.69, 9.17) is 9.47 Å². The topological polar surface area (TPSA) is 71.3 Å². The monoisotopic (exact) mass is 332 g/mol. The molecule has 1 atom stereocenters. The van der Waals surface area contributed by atoms with Gasteiger partial charge in [0.25, 0.3) is 5.91 Å². The highest BCUT2D eigenvalue weighted by Crippen LogP contribution is 2.24. The van der Waals surface area contributed by atoms with Crippen LogP contribution in [0.2, 0.25) is 0 Å². The van der Waals surface area contributed by atoms with Crippen molar-refractivity contribution in [1.82, 2.24) is 0 Å². The highest BCUT2D eigenvalue weighted by Gasteiger charge is 2.32. The minimum Gasteiger partial charge on any atom is -0.494 e. The summed E-state index contributed by atoms with van der Waals surface area (Å²) >= 11 is 0. The highest BCUT2D eigenvalue weighted by molar-refractivity contribution is 5.98. The Morgan fingerprint density at radius 3 is 2.58 bits per heavy atom. The Bertz CT molecular complexity index is 580. The number of benzene rings is 1. The first-order valence-corrected chi connectivity index (χ1v) is 8.63. The molecule has 0 bridgehead atoms. The van der Waals surface area contributed by atoms with Gasteiger partial charge in [0.1, 0.15) is 17.4 Å². The minimum atomic E-state index is -0.904. The molecule has 1 N–H and O–H groups in total. The van der Waals surface area contributed by atoms with Gasteiger partial charge in [-0.1, -0.05) is 27.2 Å². The Morgan fingerprint density at radius 2 is 2.00 bits per heavy atom. The molecule has 0 saturated carbocycles. The van der Waals surface area contributed by atoms with Gasteiger partial charge in [0, 0.05) is 6.61 Å². The number of unbranched alkanes of at least 4 members (excludes halogenated alkanes) is 1. The number of amides is 1. The smallest absolute Gasteiger partial charge is 0.256 e. The van der Waals surface area contributed by atoms with E-state index in [2.05, 4.69) is 18.3 Å². The lowest BCUT2D eigenvalue weighted by atomic mass is 10.0. The molecule has 1 amide bonds. The molecular weight excluding hydrogens is 304 g/mol. The summed E-state index contributed by atoms with van der Waals surface area (Å²) < 4.78 is 11.3. The Labute approximate surface area is 145 Å². The number of carbonyl (C=O) groups excluding carboxylic acids is 1. The number of carbonyl (C=O) groups is 1. The Morgan fingerprint density at radius 1 is 1.25 bits per heavy atom. The first-order valence-electron chi connectivity index (χ1n) is 8.63. The Hall–Kier alpha value is -2.06. The SMILES string of the molecule is CCCCOc1ccc(NC(=O)[C@@](C)(CC)OCCC)c(C#N)c1. The van der Waals surface area contributed by atoms with E-state index in [1.807, 2.05) is 13.8 Å². The van der Waals surface area contributed by atoms with E-state index in [1.54, 1.807) is 25.1 Å². The molecule has 0 fully saturated rings. The second-order valence-corrected chi connectivity index (χ2v) is 5.91. The molecule has 0 aromatic heterocycles. The number of nitrogens with zero attached hydrogens (tertiary/aromatic N) is 1. The van der Waals surface area contributed by atoms with Crippen LogP contribution in [0.4, 0.5) is 5.69 Å². The van der Waals surface area contributed by atoms with E-state index >= 15 is 0 Å². The first kappa shape index (κ1) is 20.0. The van der Waals surface area contributed by atoms with Crippen molar-refractivity contribution in [2.45, 2.75) is 59.0 Å². The number of ether oxygens (including phenoxy) is 2. The van der Waals surface area contributed by atoms with Crippen molar-refractivity contribution in [3.05, 3.63) is 23.8 Å². The summed E-state index contributed by atoms with van der Waals surface area (Å²) in [5, 5.41) is 12.2. The fraction of sp³-hybridized carbons (Fsp3) is 0.579. The molecule has 0 aliphatic heterocycles. The largest absolute Gasteiger partial charge is 0.494 e. The summed E-state index contributed by atoms with van der Waals surface area (Å²) in [7, 11) is 0. The van der Waals surface area contributed by atoms with Crippen LogP contribution in [0.25, 0.3) is 0 Å². The Kier molecular flexibility index (Phi) is 8.28. The van der Waals surface area contributed by atoms with Crippen LogP contribution in [0.1, 0.15) is 58.9 Å². The van der Waals surface area contributed by atoms with Crippen LogP contribution in [-0.2, 0) is 9.53 Å². The van der Waals surface area contributed by atoms with Gasteiger partial charge in [0.15, 0.2) is 0 Å². The van der Waals surface area contributed by atoms with E-state index in [0.717, 1.165) is 19.3 Å².